The van der Waals surface area contributed by atoms with Gasteiger partial charge >= 0.3 is 5.97 Å². The highest BCUT2D eigenvalue weighted by atomic mass is 16.4. The number of nitrogens with one attached hydrogen (secondary N) is 2. The van der Waals surface area contributed by atoms with Crippen LogP contribution in [0.2, 0.25) is 0 Å². The van der Waals surface area contributed by atoms with E-state index in [1.165, 1.54) is 19.1 Å². The van der Waals surface area contributed by atoms with Crippen LogP contribution in [0.15, 0.2) is 60.7 Å². The Balaban J connectivity index is 1.72. The van der Waals surface area contributed by atoms with Gasteiger partial charge in [0.15, 0.2) is 0 Å². The van der Waals surface area contributed by atoms with Gasteiger partial charge in [-0.15, -0.1) is 0 Å². The van der Waals surface area contributed by atoms with Crippen molar-refractivity contribution < 1.29 is 19.5 Å². The molecule has 0 spiro atoms. The van der Waals surface area contributed by atoms with E-state index in [0.29, 0.717) is 16.9 Å². The van der Waals surface area contributed by atoms with E-state index in [1.54, 1.807) is 18.2 Å². The number of carboxylic acid groups (broad SMARTS) is 1. The van der Waals surface area contributed by atoms with Crippen LogP contribution in [0, 0.1) is 0 Å². The lowest BCUT2D eigenvalue weighted by molar-refractivity contribution is -0.139. The van der Waals surface area contributed by atoms with E-state index in [2.05, 4.69) is 15.6 Å². The summed E-state index contributed by atoms with van der Waals surface area (Å²) in [6.45, 7) is 1.39. The van der Waals surface area contributed by atoms with Gasteiger partial charge in [0.25, 0.3) is 5.91 Å². The highest BCUT2D eigenvalue weighted by Gasteiger charge is 2.22. The van der Waals surface area contributed by atoms with Gasteiger partial charge in [0.2, 0.25) is 5.91 Å². The SMILES string of the molecule is CC(=O)Nc1ccc(C(=O)N[C@@H](Cc2ccc3ccccc3n2)C(=O)O)cc1. The summed E-state index contributed by atoms with van der Waals surface area (Å²) in [5, 5.41) is 15.6. The fourth-order valence-corrected chi connectivity index (χ4v) is 2.78. The molecule has 3 rings (SSSR count). The van der Waals surface area contributed by atoms with Crippen molar-refractivity contribution in [3.05, 3.63) is 71.9 Å². The lowest BCUT2D eigenvalue weighted by Gasteiger charge is -2.15. The molecule has 142 valence electrons. The number of aromatic nitrogens is 1. The van der Waals surface area contributed by atoms with Crippen molar-refractivity contribution in [2.75, 3.05) is 5.32 Å². The molecule has 1 atom stereocenters. The minimum Gasteiger partial charge on any atom is -0.480 e. The third kappa shape index (κ3) is 4.70. The largest absolute Gasteiger partial charge is 0.480 e. The Labute approximate surface area is 161 Å². The van der Waals surface area contributed by atoms with Gasteiger partial charge in [-0.05, 0) is 36.4 Å². The molecule has 0 fully saturated rings. The van der Waals surface area contributed by atoms with Crippen LogP contribution in [0.1, 0.15) is 23.0 Å². The predicted octanol–water partition coefficient (Wildman–Crippen LogP) is 2.62. The number of nitrogens with zero attached hydrogens (tertiary/aromatic N) is 1. The van der Waals surface area contributed by atoms with E-state index >= 15 is 0 Å². The number of carbonyl (C=O) groups is 3. The number of benzene rings is 2. The quantitative estimate of drug-likeness (QED) is 0.612. The third-order valence-electron chi connectivity index (χ3n) is 4.14. The molecule has 3 aromatic rings. The van der Waals surface area contributed by atoms with Gasteiger partial charge in [-0.3, -0.25) is 14.6 Å². The molecule has 28 heavy (non-hydrogen) atoms. The Kier molecular flexibility index (Phi) is 5.64. The summed E-state index contributed by atoms with van der Waals surface area (Å²) in [6, 6.07) is 16.3. The summed E-state index contributed by atoms with van der Waals surface area (Å²) in [5.74, 6) is -1.87. The third-order valence-corrected chi connectivity index (χ3v) is 4.14. The molecule has 0 saturated heterocycles. The number of para-hydroxylation sites is 1. The number of rotatable bonds is 6. The molecule has 2 aromatic carbocycles. The van der Waals surface area contributed by atoms with Crippen molar-refractivity contribution in [2.45, 2.75) is 19.4 Å². The summed E-state index contributed by atoms with van der Waals surface area (Å²) >= 11 is 0. The molecule has 2 amide bonds. The average Bonchev–Trinajstić information content (AvgIpc) is 2.67. The zero-order valence-electron chi connectivity index (χ0n) is 15.2. The molecule has 0 saturated carbocycles. The van der Waals surface area contributed by atoms with E-state index in [0.717, 1.165) is 10.9 Å². The monoisotopic (exact) mass is 377 g/mol. The number of carbonyl (C=O) groups excluding carboxylic acids is 2. The standard InChI is InChI=1S/C21H19N3O4/c1-13(25)22-16-9-7-15(8-10-16)20(26)24-19(21(27)28)12-17-11-6-14-4-2-3-5-18(14)23-17/h2-11,19H,12H2,1H3,(H,22,25)(H,24,26)(H,27,28)/t19-/m0/s1. The van der Waals surface area contributed by atoms with E-state index in [4.69, 9.17) is 0 Å². The topological polar surface area (TPSA) is 108 Å². The molecular weight excluding hydrogens is 358 g/mol. The molecule has 3 N–H and O–H groups in total. The van der Waals surface area contributed by atoms with Crippen molar-refractivity contribution in [3.63, 3.8) is 0 Å². The van der Waals surface area contributed by atoms with Gasteiger partial charge in [0.05, 0.1) is 5.52 Å². The number of hydrogen-bond acceptors (Lipinski definition) is 4. The fraction of sp³-hybridized carbons (Fsp3) is 0.143. The van der Waals surface area contributed by atoms with E-state index in [-0.39, 0.29) is 12.3 Å². The maximum absolute atomic E-state index is 12.4. The van der Waals surface area contributed by atoms with Crippen molar-refractivity contribution in [3.8, 4) is 0 Å². The van der Waals surface area contributed by atoms with Gasteiger partial charge < -0.3 is 15.7 Å². The molecular formula is C21H19N3O4. The first-order valence-corrected chi connectivity index (χ1v) is 8.68. The minimum atomic E-state index is -1.14. The van der Waals surface area contributed by atoms with Crippen molar-refractivity contribution >= 4 is 34.4 Å². The number of aliphatic carboxylic acids is 1. The van der Waals surface area contributed by atoms with Gasteiger partial charge in [0, 0.05) is 35.7 Å². The van der Waals surface area contributed by atoms with Crippen LogP contribution in [0.25, 0.3) is 10.9 Å². The first-order valence-electron chi connectivity index (χ1n) is 8.68. The lowest BCUT2D eigenvalue weighted by atomic mass is 10.1. The second kappa shape index (κ2) is 8.30. The van der Waals surface area contributed by atoms with Crippen LogP contribution in [-0.4, -0.2) is 33.9 Å². The summed E-state index contributed by atoms with van der Waals surface area (Å²) < 4.78 is 0. The van der Waals surface area contributed by atoms with Gasteiger partial charge in [-0.25, -0.2) is 4.79 Å². The minimum absolute atomic E-state index is 0.0654. The molecule has 0 radical (unpaired) electrons. The van der Waals surface area contributed by atoms with Gasteiger partial charge in [-0.2, -0.15) is 0 Å². The molecule has 1 aromatic heterocycles. The van der Waals surface area contributed by atoms with Crippen LogP contribution >= 0.6 is 0 Å². The molecule has 0 unspecified atom stereocenters. The molecule has 0 aliphatic carbocycles. The first kappa shape index (κ1) is 19.0. The molecule has 1 heterocycles. The summed E-state index contributed by atoms with van der Waals surface area (Å²) in [7, 11) is 0. The van der Waals surface area contributed by atoms with E-state index in [9.17, 15) is 19.5 Å². The van der Waals surface area contributed by atoms with Crippen molar-refractivity contribution in [1.82, 2.24) is 10.3 Å². The summed E-state index contributed by atoms with van der Waals surface area (Å²) in [6.07, 6.45) is 0.0654. The molecule has 7 nitrogen and oxygen atoms in total. The number of anilines is 1. The number of fused-ring (bicyclic) bond motifs is 1. The maximum atomic E-state index is 12.4. The maximum Gasteiger partial charge on any atom is 0.326 e. The normalized spacial score (nSPS) is 11.6. The Bertz CT molecular complexity index is 1030. The van der Waals surface area contributed by atoms with Gasteiger partial charge in [-0.1, -0.05) is 24.3 Å². The number of amides is 2. The van der Waals surface area contributed by atoms with Crippen LogP contribution in [0.3, 0.4) is 0 Å². The molecule has 0 bridgehead atoms. The van der Waals surface area contributed by atoms with Gasteiger partial charge in [0.1, 0.15) is 6.04 Å². The first-order chi connectivity index (χ1) is 13.4. The fourth-order valence-electron chi connectivity index (χ4n) is 2.78. The summed E-state index contributed by atoms with van der Waals surface area (Å²) in [5.41, 5.74) is 2.20. The second-order valence-corrected chi connectivity index (χ2v) is 6.32. The summed E-state index contributed by atoms with van der Waals surface area (Å²) in [4.78, 5) is 39.5. The zero-order chi connectivity index (χ0) is 20.1. The highest BCUT2D eigenvalue weighted by Crippen LogP contribution is 2.14. The number of pyridine rings is 1. The molecule has 0 aliphatic rings. The Hall–Kier alpha value is -3.74. The Morgan fingerprint density at radius 2 is 1.71 bits per heavy atom. The molecule has 0 aliphatic heterocycles. The highest BCUT2D eigenvalue weighted by molar-refractivity contribution is 5.97. The Morgan fingerprint density at radius 3 is 2.39 bits per heavy atom. The Morgan fingerprint density at radius 1 is 1.00 bits per heavy atom. The van der Waals surface area contributed by atoms with Crippen LogP contribution in [-0.2, 0) is 16.0 Å². The smallest absolute Gasteiger partial charge is 0.326 e. The zero-order valence-corrected chi connectivity index (χ0v) is 15.2. The van der Waals surface area contributed by atoms with E-state index < -0.39 is 17.9 Å². The predicted molar refractivity (Wildman–Crippen MR) is 105 cm³/mol. The number of carboxylic acids is 1. The second-order valence-electron chi connectivity index (χ2n) is 6.32. The lowest BCUT2D eigenvalue weighted by Crippen LogP contribution is -2.42. The van der Waals surface area contributed by atoms with E-state index in [1.807, 2.05) is 30.3 Å². The van der Waals surface area contributed by atoms with Crippen molar-refractivity contribution in [1.29, 1.82) is 0 Å². The van der Waals surface area contributed by atoms with Crippen molar-refractivity contribution in [2.24, 2.45) is 0 Å². The average molecular weight is 377 g/mol. The van der Waals surface area contributed by atoms with Crippen LogP contribution in [0.4, 0.5) is 5.69 Å². The molecule has 7 heteroatoms. The number of hydrogen-bond donors (Lipinski definition) is 3. The van der Waals surface area contributed by atoms with Crippen LogP contribution in [0.5, 0.6) is 0 Å². The van der Waals surface area contributed by atoms with Crippen LogP contribution < -0.4 is 10.6 Å².